The lowest BCUT2D eigenvalue weighted by Gasteiger charge is -2.08. The number of fused-ring (bicyclic) bond motifs is 1. The maximum absolute atomic E-state index is 12.4. The minimum Gasteiger partial charge on any atom is -0.319 e. The van der Waals surface area contributed by atoms with E-state index < -0.39 is 0 Å². The summed E-state index contributed by atoms with van der Waals surface area (Å²) in [6.45, 7) is 1.92. The van der Waals surface area contributed by atoms with E-state index in [0.29, 0.717) is 11.4 Å². The highest BCUT2D eigenvalue weighted by Gasteiger charge is 2.12. The van der Waals surface area contributed by atoms with Gasteiger partial charge in [0.25, 0.3) is 5.91 Å². The second kappa shape index (κ2) is 5.61. The SMILES string of the molecule is Cc1cc(NC(=O)c2nccc3ccccc23)cnc1Br. The number of hydrogen-bond acceptors (Lipinski definition) is 3. The normalized spacial score (nSPS) is 10.6. The molecule has 0 aliphatic carbocycles. The molecule has 2 heterocycles. The van der Waals surface area contributed by atoms with Crippen LogP contribution in [0.25, 0.3) is 10.8 Å². The lowest BCUT2D eigenvalue weighted by Crippen LogP contribution is -2.14. The molecular formula is C16H12BrN3O. The van der Waals surface area contributed by atoms with Crippen LogP contribution in [-0.2, 0) is 0 Å². The summed E-state index contributed by atoms with van der Waals surface area (Å²) >= 11 is 3.34. The van der Waals surface area contributed by atoms with E-state index in [-0.39, 0.29) is 5.91 Å². The molecule has 0 saturated carbocycles. The largest absolute Gasteiger partial charge is 0.319 e. The average molecular weight is 342 g/mol. The van der Waals surface area contributed by atoms with Gasteiger partial charge in [-0.3, -0.25) is 9.78 Å². The third-order valence-corrected chi connectivity index (χ3v) is 3.99. The van der Waals surface area contributed by atoms with E-state index in [9.17, 15) is 4.79 Å². The number of nitrogens with zero attached hydrogens (tertiary/aromatic N) is 2. The highest BCUT2D eigenvalue weighted by Crippen LogP contribution is 2.20. The van der Waals surface area contributed by atoms with Gasteiger partial charge in [0, 0.05) is 11.6 Å². The van der Waals surface area contributed by atoms with Crippen LogP contribution in [0.3, 0.4) is 0 Å². The molecule has 0 fully saturated rings. The topological polar surface area (TPSA) is 54.9 Å². The molecule has 5 heteroatoms. The minimum atomic E-state index is -0.240. The van der Waals surface area contributed by atoms with E-state index in [1.807, 2.05) is 43.3 Å². The molecule has 1 N–H and O–H groups in total. The van der Waals surface area contributed by atoms with Gasteiger partial charge in [-0.15, -0.1) is 0 Å². The fourth-order valence-electron chi connectivity index (χ4n) is 2.12. The molecule has 0 aliphatic rings. The maximum atomic E-state index is 12.4. The Bertz CT molecular complexity index is 827. The van der Waals surface area contributed by atoms with Crippen LogP contribution < -0.4 is 5.32 Å². The predicted molar refractivity (Wildman–Crippen MR) is 86.4 cm³/mol. The lowest BCUT2D eigenvalue weighted by atomic mass is 10.1. The number of benzene rings is 1. The fourth-order valence-corrected chi connectivity index (χ4v) is 2.33. The zero-order chi connectivity index (χ0) is 14.8. The molecule has 0 radical (unpaired) electrons. The summed E-state index contributed by atoms with van der Waals surface area (Å²) in [5, 5.41) is 4.65. The van der Waals surface area contributed by atoms with Crippen LogP contribution in [0, 0.1) is 6.92 Å². The molecule has 0 spiro atoms. The first-order chi connectivity index (χ1) is 10.1. The van der Waals surface area contributed by atoms with Gasteiger partial charge < -0.3 is 5.32 Å². The summed E-state index contributed by atoms with van der Waals surface area (Å²) in [6, 6.07) is 11.4. The van der Waals surface area contributed by atoms with Crippen LogP contribution in [-0.4, -0.2) is 15.9 Å². The third kappa shape index (κ3) is 2.78. The Kier molecular flexibility index (Phi) is 3.66. The third-order valence-electron chi connectivity index (χ3n) is 3.16. The quantitative estimate of drug-likeness (QED) is 0.718. The number of hydrogen-bond donors (Lipinski definition) is 1. The van der Waals surface area contributed by atoms with Gasteiger partial charge in [0.2, 0.25) is 0 Å². The van der Waals surface area contributed by atoms with E-state index >= 15 is 0 Å². The number of nitrogens with one attached hydrogen (secondary N) is 1. The number of carbonyl (C=O) groups excluding carboxylic acids is 1. The first-order valence-electron chi connectivity index (χ1n) is 6.42. The Labute approximate surface area is 130 Å². The Morgan fingerprint density at radius 2 is 2.00 bits per heavy atom. The van der Waals surface area contributed by atoms with Crippen molar-refractivity contribution in [3.8, 4) is 0 Å². The number of pyridine rings is 2. The zero-order valence-corrected chi connectivity index (χ0v) is 12.9. The van der Waals surface area contributed by atoms with E-state index in [0.717, 1.165) is 20.9 Å². The van der Waals surface area contributed by atoms with Crippen molar-refractivity contribution in [1.82, 2.24) is 9.97 Å². The Morgan fingerprint density at radius 3 is 2.81 bits per heavy atom. The van der Waals surface area contributed by atoms with Crippen molar-refractivity contribution in [3.05, 3.63) is 64.7 Å². The number of rotatable bonds is 2. The van der Waals surface area contributed by atoms with E-state index in [1.165, 1.54) is 0 Å². The van der Waals surface area contributed by atoms with Gasteiger partial charge in [0.1, 0.15) is 10.3 Å². The number of halogens is 1. The molecule has 0 unspecified atom stereocenters. The van der Waals surface area contributed by atoms with Crippen molar-refractivity contribution >= 4 is 38.3 Å². The zero-order valence-electron chi connectivity index (χ0n) is 11.3. The molecule has 104 valence electrons. The minimum absolute atomic E-state index is 0.240. The van der Waals surface area contributed by atoms with Crippen molar-refractivity contribution in [1.29, 1.82) is 0 Å². The lowest BCUT2D eigenvalue weighted by molar-refractivity contribution is 0.102. The highest BCUT2D eigenvalue weighted by atomic mass is 79.9. The number of carbonyl (C=O) groups is 1. The average Bonchev–Trinajstić information content (AvgIpc) is 2.50. The van der Waals surface area contributed by atoms with E-state index in [4.69, 9.17) is 0 Å². The molecule has 0 atom stereocenters. The highest BCUT2D eigenvalue weighted by molar-refractivity contribution is 9.10. The molecule has 2 aromatic heterocycles. The van der Waals surface area contributed by atoms with Gasteiger partial charge in [0.05, 0.1) is 11.9 Å². The molecule has 1 aromatic carbocycles. The van der Waals surface area contributed by atoms with Gasteiger partial charge in [-0.2, -0.15) is 0 Å². The van der Waals surface area contributed by atoms with Crippen molar-refractivity contribution in [2.75, 3.05) is 5.32 Å². The fraction of sp³-hybridized carbons (Fsp3) is 0.0625. The van der Waals surface area contributed by atoms with Crippen LogP contribution in [0.1, 0.15) is 16.1 Å². The van der Waals surface area contributed by atoms with Crippen LogP contribution in [0.2, 0.25) is 0 Å². The van der Waals surface area contributed by atoms with Gasteiger partial charge in [0.15, 0.2) is 0 Å². The molecule has 0 bridgehead atoms. The van der Waals surface area contributed by atoms with Crippen molar-refractivity contribution in [2.45, 2.75) is 6.92 Å². The number of amides is 1. The molecule has 3 aromatic rings. The molecular weight excluding hydrogens is 330 g/mol. The van der Waals surface area contributed by atoms with Crippen molar-refractivity contribution < 1.29 is 4.79 Å². The van der Waals surface area contributed by atoms with Gasteiger partial charge in [-0.05, 0) is 45.9 Å². The Balaban J connectivity index is 1.95. The standard InChI is InChI=1S/C16H12BrN3O/c1-10-8-12(9-19-15(10)17)20-16(21)14-13-5-3-2-4-11(13)6-7-18-14/h2-9H,1H3,(H,20,21). The summed E-state index contributed by atoms with van der Waals surface area (Å²) in [6.07, 6.45) is 3.25. The van der Waals surface area contributed by atoms with Crippen molar-refractivity contribution in [2.24, 2.45) is 0 Å². The van der Waals surface area contributed by atoms with E-state index in [1.54, 1.807) is 12.4 Å². The molecule has 1 amide bonds. The molecule has 21 heavy (non-hydrogen) atoms. The Morgan fingerprint density at radius 1 is 1.19 bits per heavy atom. The number of anilines is 1. The van der Waals surface area contributed by atoms with Crippen LogP contribution in [0.5, 0.6) is 0 Å². The first kappa shape index (κ1) is 13.7. The monoisotopic (exact) mass is 341 g/mol. The second-order valence-electron chi connectivity index (χ2n) is 4.67. The van der Waals surface area contributed by atoms with Crippen LogP contribution in [0.4, 0.5) is 5.69 Å². The molecule has 0 saturated heterocycles. The first-order valence-corrected chi connectivity index (χ1v) is 7.22. The Hall–Kier alpha value is -2.27. The summed E-state index contributed by atoms with van der Waals surface area (Å²) in [4.78, 5) is 20.8. The van der Waals surface area contributed by atoms with Gasteiger partial charge in [-0.25, -0.2) is 4.98 Å². The predicted octanol–water partition coefficient (Wildman–Crippen LogP) is 3.95. The second-order valence-corrected chi connectivity index (χ2v) is 5.42. The summed E-state index contributed by atoms with van der Waals surface area (Å²) < 4.78 is 0.767. The number of aryl methyl sites for hydroxylation is 1. The van der Waals surface area contributed by atoms with Gasteiger partial charge in [-0.1, -0.05) is 24.3 Å². The molecule has 3 rings (SSSR count). The number of aromatic nitrogens is 2. The van der Waals surface area contributed by atoms with Gasteiger partial charge >= 0.3 is 0 Å². The summed E-state index contributed by atoms with van der Waals surface area (Å²) in [7, 11) is 0. The van der Waals surface area contributed by atoms with Crippen LogP contribution in [0.15, 0.2) is 53.4 Å². The molecule has 0 aliphatic heterocycles. The summed E-state index contributed by atoms with van der Waals surface area (Å²) in [5.74, 6) is -0.240. The van der Waals surface area contributed by atoms with Crippen LogP contribution >= 0.6 is 15.9 Å². The smallest absolute Gasteiger partial charge is 0.274 e. The van der Waals surface area contributed by atoms with E-state index in [2.05, 4.69) is 31.2 Å². The summed E-state index contributed by atoms with van der Waals surface area (Å²) in [5.41, 5.74) is 2.02. The van der Waals surface area contributed by atoms with Crippen molar-refractivity contribution in [3.63, 3.8) is 0 Å². The maximum Gasteiger partial charge on any atom is 0.274 e. The molecule has 4 nitrogen and oxygen atoms in total.